The minimum absolute atomic E-state index is 0.135. The van der Waals surface area contributed by atoms with E-state index < -0.39 is 10.1 Å². The number of aromatic nitrogens is 1. The molecule has 1 aromatic carbocycles. The summed E-state index contributed by atoms with van der Waals surface area (Å²) < 4.78 is 31.4. The second kappa shape index (κ2) is 4.65. The van der Waals surface area contributed by atoms with Gasteiger partial charge in [0.05, 0.1) is 5.69 Å². The second-order valence-electron chi connectivity index (χ2n) is 3.59. The Bertz CT molecular complexity index is 609. The standard InChI is InChI=1S/C12H11NO3S/c14-17(15,16)12-7-4-8-13-11(12)9-10-5-2-1-3-6-10/h1-8H,9H2,(H,14,15,16). The fourth-order valence-electron chi connectivity index (χ4n) is 1.58. The molecule has 0 atom stereocenters. The van der Waals surface area contributed by atoms with E-state index in [1.54, 1.807) is 0 Å². The van der Waals surface area contributed by atoms with E-state index in [4.69, 9.17) is 4.55 Å². The van der Waals surface area contributed by atoms with Crippen molar-refractivity contribution in [2.45, 2.75) is 11.3 Å². The smallest absolute Gasteiger partial charge is 0.282 e. The van der Waals surface area contributed by atoms with Gasteiger partial charge in [0.2, 0.25) is 0 Å². The number of nitrogens with zero attached hydrogens (tertiary/aromatic N) is 1. The van der Waals surface area contributed by atoms with E-state index in [0.29, 0.717) is 12.1 Å². The molecule has 0 amide bonds. The van der Waals surface area contributed by atoms with Crippen LogP contribution in [0.3, 0.4) is 0 Å². The molecule has 88 valence electrons. The zero-order valence-corrected chi connectivity index (χ0v) is 9.76. The maximum atomic E-state index is 11.2. The predicted molar refractivity (Wildman–Crippen MR) is 63.3 cm³/mol. The highest BCUT2D eigenvalue weighted by Crippen LogP contribution is 2.16. The molecule has 0 aliphatic rings. The molecule has 1 heterocycles. The third kappa shape index (κ3) is 2.89. The van der Waals surface area contributed by atoms with Crippen molar-refractivity contribution in [1.82, 2.24) is 4.98 Å². The Labute approximate surface area is 99.7 Å². The molecule has 2 aromatic rings. The molecular weight excluding hydrogens is 238 g/mol. The van der Waals surface area contributed by atoms with E-state index in [-0.39, 0.29) is 4.90 Å². The summed E-state index contributed by atoms with van der Waals surface area (Å²) in [5, 5.41) is 0. The minimum atomic E-state index is -4.22. The molecule has 0 fully saturated rings. The van der Waals surface area contributed by atoms with E-state index in [1.165, 1.54) is 18.3 Å². The Morgan fingerprint density at radius 1 is 1.06 bits per heavy atom. The van der Waals surface area contributed by atoms with Crippen LogP contribution in [0.4, 0.5) is 0 Å². The molecule has 1 aromatic heterocycles. The van der Waals surface area contributed by atoms with Gasteiger partial charge >= 0.3 is 0 Å². The second-order valence-corrected chi connectivity index (χ2v) is 4.98. The molecule has 2 rings (SSSR count). The maximum absolute atomic E-state index is 11.2. The van der Waals surface area contributed by atoms with Crippen LogP contribution in [-0.4, -0.2) is 18.0 Å². The molecule has 17 heavy (non-hydrogen) atoms. The van der Waals surface area contributed by atoms with Crippen LogP contribution in [0.15, 0.2) is 53.6 Å². The molecule has 0 saturated heterocycles. The van der Waals surface area contributed by atoms with Crippen LogP contribution in [0.25, 0.3) is 0 Å². The molecule has 0 saturated carbocycles. The SMILES string of the molecule is O=S(=O)(O)c1cccnc1Cc1ccccc1. The lowest BCUT2D eigenvalue weighted by Gasteiger charge is -2.05. The quantitative estimate of drug-likeness (QED) is 0.844. The van der Waals surface area contributed by atoms with Crippen LogP contribution in [0, 0.1) is 0 Å². The van der Waals surface area contributed by atoms with Gasteiger partial charge in [-0.15, -0.1) is 0 Å². The van der Waals surface area contributed by atoms with Crippen LogP contribution in [-0.2, 0) is 16.5 Å². The third-order valence-corrected chi connectivity index (χ3v) is 3.27. The lowest BCUT2D eigenvalue weighted by molar-refractivity contribution is 0.481. The Balaban J connectivity index is 2.41. The summed E-state index contributed by atoms with van der Waals surface area (Å²) in [5.41, 5.74) is 1.29. The monoisotopic (exact) mass is 249 g/mol. The summed E-state index contributed by atoms with van der Waals surface area (Å²) in [6.07, 6.45) is 1.88. The molecule has 0 aliphatic heterocycles. The fraction of sp³-hybridized carbons (Fsp3) is 0.0833. The van der Waals surface area contributed by atoms with Gasteiger partial charge < -0.3 is 0 Å². The van der Waals surface area contributed by atoms with E-state index in [0.717, 1.165) is 5.56 Å². The van der Waals surface area contributed by atoms with Gasteiger partial charge in [-0.25, -0.2) is 0 Å². The van der Waals surface area contributed by atoms with Crippen LogP contribution in [0.2, 0.25) is 0 Å². The summed E-state index contributed by atoms with van der Waals surface area (Å²) >= 11 is 0. The first-order valence-electron chi connectivity index (χ1n) is 5.02. The van der Waals surface area contributed by atoms with E-state index in [9.17, 15) is 8.42 Å². The largest absolute Gasteiger partial charge is 0.296 e. The first-order valence-corrected chi connectivity index (χ1v) is 6.47. The highest BCUT2D eigenvalue weighted by molar-refractivity contribution is 7.85. The van der Waals surface area contributed by atoms with Gasteiger partial charge in [0.25, 0.3) is 10.1 Å². The first-order chi connectivity index (χ1) is 8.07. The van der Waals surface area contributed by atoms with Crippen molar-refractivity contribution in [3.05, 3.63) is 59.9 Å². The van der Waals surface area contributed by atoms with Gasteiger partial charge in [-0.05, 0) is 17.7 Å². The molecule has 4 nitrogen and oxygen atoms in total. The summed E-state index contributed by atoms with van der Waals surface area (Å²) in [5.74, 6) is 0. The Morgan fingerprint density at radius 3 is 2.41 bits per heavy atom. The summed E-state index contributed by atoms with van der Waals surface area (Å²) in [7, 11) is -4.22. The molecule has 5 heteroatoms. The lowest BCUT2D eigenvalue weighted by Crippen LogP contribution is -2.05. The van der Waals surface area contributed by atoms with Crippen molar-refractivity contribution < 1.29 is 13.0 Å². The van der Waals surface area contributed by atoms with Crippen LogP contribution >= 0.6 is 0 Å². The molecule has 0 radical (unpaired) electrons. The van der Waals surface area contributed by atoms with Crippen molar-refractivity contribution in [3.8, 4) is 0 Å². The number of hydrogen-bond donors (Lipinski definition) is 1. The van der Waals surface area contributed by atoms with Crippen LogP contribution < -0.4 is 0 Å². The molecular formula is C12H11NO3S. The Hall–Kier alpha value is -1.72. The van der Waals surface area contributed by atoms with Crippen molar-refractivity contribution in [2.24, 2.45) is 0 Å². The topological polar surface area (TPSA) is 67.3 Å². The van der Waals surface area contributed by atoms with Gasteiger partial charge in [0.15, 0.2) is 0 Å². The summed E-state index contributed by atoms with van der Waals surface area (Å²) in [4.78, 5) is 3.87. The van der Waals surface area contributed by atoms with Crippen molar-refractivity contribution in [3.63, 3.8) is 0 Å². The first kappa shape index (κ1) is 11.8. The summed E-state index contributed by atoms with van der Waals surface area (Å²) in [6.45, 7) is 0. The van der Waals surface area contributed by atoms with Crippen molar-refractivity contribution in [2.75, 3.05) is 0 Å². The number of benzene rings is 1. The highest BCUT2D eigenvalue weighted by Gasteiger charge is 2.15. The molecule has 0 bridgehead atoms. The van der Waals surface area contributed by atoms with Crippen LogP contribution in [0.1, 0.15) is 11.3 Å². The highest BCUT2D eigenvalue weighted by atomic mass is 32.2. The minimum Gasteiger partial charge on any atom is -0.282 e. The zero-order chi connectivity index (χ0) is 12.3. The lowest BCUT2D eigenvalue weighted by atomic mass is 10.1. The Morgan fingerprint density at radius 2 is 1.76 bits per heavy atom. The number of rotatable bonds is 3. The zero-order valence-electron chi connectivity index (χ0n) is 8.95. The van der Waals surface area contributed by atoms with Crippen molar-refractivity contribution >= 4 is 10.1 Å². The van der Waals surface area contributed by atoms with Crippen molar-refractivity contribution in [1.29, 1.82) is 0 Å². The predicted octanol–water partition coefficient (Wildman–Crippen LogP) is 1.92. The van der Waals surface area contributed by atoms with E-state index >= 15 is 0 Å². The average molecular weight is 249 g/mol. The Kier molecular flexibility index (Phi) is 3.21. The van der Waals surface area contributed by atoms with Gasteiger partial charge in [-0.3, -0.25) is 9.54 Å². The average Bonchev–Trinajstić information content (AvgIpc) is 2.30. The normalized spacial score (nSPS) is 11.4. The van der Waals surface area contributed by atoms with E-state index in [1.807, 2.05) is 30.3 Å². The third-order valence-electron chi connectivity index (χ3n) is 2.34. The number of hydrogen-bond acceptors (Lipinski definition) is 3. The van der Waals surface area contributed by atoms with Gasteiger partial charge in [0.1, 0.15) is 4.90 Å². The van der Waals surface area contributed by atoms with Gasteiger partial charge in [-0.2, -0.15) is 8.42 Å². The van der Waals surface area contributed by atoms with Gasteiger partial charge in [-0.1, -0.05) is 30.3 Å². The number of pyridine rings is 1. The van der Waals surface area contributed by atoms with E-state index in [2.05, 4.69) is 4.98 Å². The molecule has 1 N–H and O–H groups in total. The summed E-state index contributed by atoms with van der Waals surface area (Å²) in [6, 6.07) is 12.2. The molecule has 0 spiro atoms. The molecule has 0 aliphatic carbocycles. The maximum Gasteiger partial charge on any atom is 0.296 e. The fourth-order valence-corrected chi connectivity index (χ4v) is 2.25. The van der Waals surface area contributed by atoms with Gasteiger partial charge in [0, 0.05) is 12.6 Å². The van der Waals surface area contributed by atoms with Crippen LogP contribution in [0.5, 0.6) is 0 Å². The molecule has 0 unspecified atom stereocenters.